The third kappa shape index (κ3) is 3.95. The summed E-state index contributed by atoms with van der Waals surface area (Å²) in [6.07, 6.45) is 1.57. The Morgan fingerprint density at radius 1 is 1.53 bits per heavy atom. The van der Waals surface area contributed by atoms with Crippen LogP contribution in [0.15, 0.2) is 24.3 Å². The number of benzene rings is 1. The number of amides is 1. The van der Waals surface area contributed by atoms with E-state index >= 15 is 0 Å². The van der Waals surface area contributed by atoms with E-state index in [-0.39, 0.29) is 11.9 Å². The highest BCUT2D eigenvalue weighted by atomic mass is 35.5. The van der Waals surface area contributed by atoms with E-state index in [1.165, 1.54) is 0 Å². The molecule has 106 valence electrons. The van der Waals surface area contributed by atoms with Gasteiger partial charge in [0.25, 0.3) is 0 Å². The SMILES string of the molecule is CCCC(C)(N)C(=O)N(C)C(C)c1cccc(Cl)c1. The minimum atomic E-state index is -0.809. The highest BCUT2D eigenvalue weighted by Gasteiger charge is 2.32. The van der Waals surface area contributed by atoms with Crippen LogP contribution in [0.1, 0.15) is 45.2 Å². The van der Waals surface area contributed by atoms with Gasteiger partial charge in [-0.2, -0.15) is 0 Å². The van der Waals surface area contributed by atoms with Crippen molar-refractivity contribution < 1.29 is 4.79 Å². The number of rotatable bonds is 5. The van der Waals surface area contributed by atoms with Crippen molar-refractivity contribution in [2.45, 2.75) is 45.2 Å². The van der Waals surface area contributed by atoms with Crippen LogP contribution in [0.4, 0.5) is 0 Å². The largest absolute Gasteiger partial charge is 0.337 e. The maximum absolute atomic E-state index is 12.4. The normalized spacial score (nSPS) is 15.7. The zero-order chi connectivity index (χ0) is 14.6. The highest BCUT2D eigenvalue weighted by molar-refractivity contribution is 6.30. The lowest BCUT2D eigenvalue weighted by Crippen LogP contribution is -2.52. The molecule has 0 aliphatic carbocycles. The van der Waals surface area contributed by atoms with E-state index in [0.29, 0.717) is 11.4 Å². The van der Waals surface area contributed by atoms with Gasteiger partial charge in [0.15, 0.2) is 0 Å². The van der Waals surface area contributed by atoms with Crippen LogP contribution in [0.2, 0.25) is 5.02 Å². The predicted octanol–water partition coefficient (Wildman–Crippen LogP) is 3.38. The number of likely N-dealkylation sites (N-methyl/N-ethyl adjacent to an activating group) is 1. The van der Waals surface area contributed by atoms with Gasteiger partial charge >= 0.3 is 0 Å². The smallest absolute Gasteiger partial charge is 0.242 e. The molecule has 19 heavy (non-hydrogen) atoms. The van der Waals surface area contributed by atoms with Gasteiger partial charge in [0.2, 0.25) is 5.91 Å². The molecule has 0 aliphatic rings. The first-order valence-electron chi connectivity index (χ1n) is 6.61. The lowest BCUT2D eigenvalue weighted by Gasteiger charge is -2.33. The third-order valence-corrected chi connectivity index (χ3v) is 3.73. The molecule has 0 aliphatic heterocycles. The summed E-state index contributed by atoms with van der Waals surface area (Å²) in [6, 6.07) is 7.51. The Balaban J connectivity index is 2.88. The summed E-state index contributed by atoms with van der Waals surface area (Å²) in [5, 5.41) is 0.675. The molecule has 0 saturated heterocycles. The van der Waals surface area contributed by atoms with E-state index in [4.69, 9.17) is 17.3 Å². The Bertz CT molecular complexity index is 446. The summed E-state index contributed by atoms with van der Waals surface area (Å²) < 4.78 is 0. The molecule has 1 rings (SSSR count). The topological polar surface area (TPSA) is 46.3 Å². The van der Waals surface area contributed by atoms with E-state index in [9.17, 15) is 4.79 Å². The number of nitrogens with two attached hydrogens (primary N) is 1. The average molecular weight is 283 g/mol. The van der Waals surface area contributed by atoms with Gasteiger partial charge in [0, 0.05) is 12.1 Å². The second-order valence-electron chi connectivity index (χ2n) is 5.31. The van der Waals surface area contributed by atoms with Gasteiger partial charge in [-0.25, -0.2) is 0 Å². The number of hydrogen-bond acceptors (Lipinski definition) is 2. The summed E-state index contributed by atoms with van der Waals surface area (Å²) in [6.45, 7) is 5.80. The van der Waals surface area contributed by atoms with Crippen molar-refractivity contribution >= 4 is 17.5 Å². The van der Waals surface area contributed by atoms with Crippen molar-refractivity contribution in [3.8, 4) is 0 Å². The van der Waals surface area contributed by atoms with E-state index in [2.05, 4.69) is 0 Å². The highest BCUT2D eigenvalue weighted by Crippen LogP contribution is 2.24. The van der Waals surface area contributed by atoms with Gasteiger partial charge in [0.1, 0.15) is 0 Å². The summed E-state index contributed by atoms with van der Waals surface area (Å²) in [5.41, 5.74) is 6.30. The maximum atomic E-state index is 12.4. The third-order valence-electron chi connectivity index (χ3n) is 3.49. The Morgan fingerprint density at radius 2 is 2.16 bits per heavy atom. The molecule has 2 N–H and O–H groups in total. The Kier molecular flexibility index (Phi) is 5.39. The van der Waals surface area contributed by atoms with Crippen LogP contribution < -0.4 is 5.73 Å². The monoisotopic (exact) mass is 282 g/mol. The second-order valence-corrected chi connectivity index (χ2v) is 5.75. The number of carbonyl (C=O) groups is 1. The van der Waals surface area contributed by atoms with Gasteiger partial charge in [-0.05, 0) is 38.0 Å². The van der Waals surface area contributed by atoms with Gasteiger partial charge in [-0.15, -0.1) is 0 Å². The van der Waals surface area contributed by atoms with E-state index in [1.807, 2.05) is 38.1 Å². The molecule has 0 heterocycles. The zero-order valence-electron chi connectivity index (χ0n) is 12.1. The molecular weight excluding hydrogens is 260 g/mol. The molecule has 3 nitrogen and oxygen atoms in total. The molecular formula is C15H23ClN2O. The predicted molar refractivity (Wildman–Crippen MR) is 80.1 cm³/mol. The molecule has 1 aromatic carbocycles. The standard InChI is InChI=1S/C15H23ClN2O/c1-5-9-15(3,17)14(19)18(4)11(2)12-7-6-8-13(16)10-12/h6-8,10-11H,5,9,17H2,1-4H3. The van der Waals surface area contributed by atoms with Crippen LogP contribution in [-0.2, 0) is 4.79 Å². The molecule has 0 aromatic heterocycles. The number of hydrogen-bond donors (Lipinski definition) is 1. The molecule has 2 unspecified atom stereocenters. The maximum Gasteiger partial charge on any atom is 0.242 e. The lowest BCUT2D eigenvalue weighted by molar-refractivity contribution is -0.137. The van der Waals surface area contributed by atoms with Crippen LogP contribution in [0.3, 0.4) is 0 Å². The fourth-order valence-corrected chi connectivity index (χ4v) is 2.39. The van der Waals surface area contributed by atoms with E-state index < -0.39 is 5.54 Å². The van der Waals surface area contributed by atoms with Gasteiger partial charge in [-0.3, -0.25) is 4.79 Å². The van der Waals surface area contributed by atoms with Crippen LogP contribution in [-0.4, -0.2) is 23.4 Å². The number of carbonyl (C=O) groups excluding carboxylic acids is 1. The first kappa shape index (κ1) is 16.0. The van der Waals surface area contributed by atoms with Crippen molar-refractivity contribution in [3.05, 3.63) is 34.9 Å². The van der Waals surface area contributed by atoms with E-state index in [1.54, 1.807) is 18.9 Å². The Labute approximate surface area is 120 Å². The average Bonchev–Trinajstić information content (AvgIpc) is 2.36. The fourth-order valence-electron chi connectivity index (χ4n) is 2.20. The molecule has 0 fully saturated rings. The summed E-state index contributed by atoms with van der Waals surface area (Å²) in [7, 11) is 1.79. The first-order valence-corrected chi connectivity index (χ1v) is 6.99. The minimum Gasteiger partial charge on any atom is -0.337 e. The Morgan fingerprint density at radius 3 is 2.68 bits per heavy atom. The first-order chi connectivity index (χ1) is 8.79. The fraction of sp³-hybridized carbons (Fsp3) is 0.533. The van der Waals surface area contributed by atoms with Crippen LogP contribution >= 0.6 is 11.6 Å². The Hall–Kier alpha value is -1.06. The van der Waals surface area contributed by atoms with Crippen molar-refractivity contribution in [2.75, 3.05) is 7.05 Å². The minimum absolute atomic E-state index is 0.0400. The van der Waals surface area contributed by atoms with Gasteiger partial charge in [-0.1, -0.05) is 37.1 Å². The lowest BCUT2D eigenvalue weighted by atomic mass is 9.94. The summed E-state index contributed by atoms with van der Waals surface area (Å²) in [4.78, 5) is 14.1. The van der Waals surface area contributed by atoms with E-state index in [0.717, 1.165) is 12.0 Å². The molecule has 1 aromatic rings. The van der Waals surface area contributed by atoms with Crippen LogP contribution in [0.25, 0.3) is 0 Å². The van der Waals surface area contributed by atoms with Crippen LogP contribution in [0.5, 0.6) is 0 Å². The van der Waals surface area contributed by atoms with Crippen molar-refractivity contribution in [1.29, 1.82) is 0 Å². The van der Waals surface area contributed by atoms with Crippen molar-refractivity contribution in [2.24, 2.45) is 5.73 Å². The van der Waals surface area contributed by atoms with Crippen molar-refractivity contribution in [3.63, 3.8) is 0 Å². The van der Waals surface area contributed by atoms with Gasteiger partial charge in [0.05, 0.1) is 11.6 Å². The zero-order valence-corrected chi connectivity index (χ0v) is 12.9. The molecule has 0 bridgehead atoms. The molecule has 4 heteroatoms. The molecule has 2 atom stereocenters. The quantitative estimate of drug-likeness (QED) is 0.900. The second kappa shape index (κ2) is 6.40. The summed E-state index contributed by atoms with van der Waals surface area (Å²) >= 11 is 5.98. The van der Waals surface area contributed by atoms with Crippen LogP contribution in [0, 0.1) is 0 Å². The molecule has 0 saturated carbocycles. The molecule has 0 radical (unpaired) electrons. The van der Waals surface area contributed by atoms with Gasteiger partial charge < -0.3 is 10.6 Å². The van der Waals surface area contributed by atoms with Crippen molar-refractivity contribution in [1.82, 2.24) is 4.90 Å². The molecule has 0 spiro atoms. The number of nitrogens with zero attached hydrogens (tertiary/aromatic N) is 1. The summed E-state index contributed by atoms with van der Waals surface area (Å²) in [5.74, 6) is -0.0400. The number of halogens is 1. The molecule has 1 amide bonds.